The number of piperidine rings is 1. The van der Waals surface area contributed by atoms with Crippen molar-refractivity contribution in [1.29, 1.82) is 0 Å². The number of carbonyl (C=O) groups is 2. The van der Waals surface area contributed by atoms with E-state index in [1.54, 1.807) is 12.1 Å². The number of aromatic carboxylic acids is 1. The molecule has 28 heavy (non-hydrogen) atoms. The van der Waals surface area contributed by atoms with Gasteiger partial charge in [0, 0.05) is 26.1 Å². The predicted molar refractivity (Wildman–Crippen MR) is 112 cm³/mol. The van der Waals surface area contributed by atoms with Gasteiger partial charge in [-0.25, -0.2) is 4.79 Å². The second-order valence-electron chi connectivity index (χ2n) is 8.15. The third-order valence-electron chi connectivity index (χ3n) is 5.85. The summed E-state index contributed by atoms with van der Waals surface area (Å²) in [6.45, 7) is 7.52. The molecule has 2 aliphatic heterocycles. The zero-order valence-corrected chi connectivity index (χ0v) is 17.0. The van der Waals surface area contributed by atoms with E-state index in [9.17, 15) is 14.7 Å². The van der Waals surface area contributed by atoms with Crippen molar-refractivity contribution < 1.29 is 14.7 Å². The maximum absolute atomic E-state index is 12.3. The van der Waals surface area contributed by atoms with Crippen molar-refractivity contribution in [3.05, 3.63) is 23.8 Å². The van der Waals surface area contributed by atoms with Crippen LogP contribution in [0.4, 0.5) is 11.4 Å². The molecule has 2 aliphatic rings. The molecule has 0 aliphatic carbocycles. The Morgan fingerprint density at radius 3 is 2.68 bits per heavy atom. The number of carboxylic acid groups (broad SMARTS) is 1. The van der Waals surface area contributed by atoms with Crippen LogP contribution in [0.2, 0.25) is 0 Å². The van der Waals surface area contributed by atoms with E-state index in [1.807, 2.05) is 6.07 Å². The van der Waals surface area contributed by atoms with Crippen LogP contribution in [0, 0.1) is 5.92 Å². The van der Waals surface area contributed by atoms with Crippen LogP contribution in [0.5, 0.6) is 0 Å². The Kier molecular flexibility index (Phi) is 7.31. The largest absolute Gasteiger partial charge is 0.478 e. The molecule has 1 aromatic rings. The topological polar surface area (TPSA) is 72.9 Å². The van der Waals surface area contributed by atoms with Gasteiger partial charge in [-0.2, -0.15) is 0 Å². The van der Waals surface area contributed by atoms with Crippen LogP contribution in [0.15, 0.2) is 18.2 Å². The van der Waals surface area contributed by atoms with Gasteiger partial charge >= 0.3 is 5.97 Å². The monoisotopic (exact) mass is 387 g/mol. The molecule has 1 atom stereocenters. The molecule has 6 nitrogen and oxygen atoms in total. The Morgan fingerprint density at radius 1 is 1.18 bits per heavy atom. The summed E-state index contributed by atoms with van der Waals surface area (Å²) in [6, 6.07) is 5.10. The minimum Gasteiger partial charge on any atom is -0.478 e. The molecule has 1 amide bonds. The standard InChI is InChI=1S/C22H33N3O3/c1-2-3-8-21(26)23-19-14-18(22(27)28)9-10-20(19)25-13-6-7-17(16-25)15-24-11-4-5-12-24/h9-10,14,17H,2-8,11-13,15-16H2,1H3,(H,23,26)(H,27,28)/t17-/m1/s1. The molecule has 0 bridgehead atoms. The summed E-state index contributed by atoms with van der Waals surface area (Å²) in [5.74, 6) is -0.396. The van der Waals surface area contributed by atoms with Gasteiger partial charge in [-0.1, -0.05) is 13.3 Å². The number of nitrogens with one attached hydrogen (secondary N) is 1. The molecular weight excluding hydrogens is 354 g/mol. The number of nitrogens with zero attached hydrogens (tertiary/aromatic N) is 2. The highest BCUT2D eigenvalue weighted by atomic mass is 16.4. The van der Waals surface area contributed by atoms with Gasteiger partial charge in [-0.05, 0) is 69.3 Å². The molecule has 2 heterocycles. The Bertz CT molecular complexity index is 686. The molecule has 0 aromatic heterocycles. The molecule has 154 valence electrons. The number of carboxylic acids is 1. The number of likely N-dealkylation sites (tertiary alicyclic amines) is 1. The number of amides is 1. The van der Waals surface area contributed by atoms with Crippen molar-refractivity contribution in [2.45, 2.75) is 51.9 Å². The quantitative estimate of drug-likeness (QED) is 0.709. The fraction of sp³-hybridized carbons (Fsp3) is 0.636. The maximum Gasteiger partial charge on any atom is 0.335 e. The molecule has 2 N–H and O–H groups in total. The first-order chi connectivity index (χ1) is 13.6. The van der Waals surface area contributed by atoms with E-state index in [4.69, 9.17) is 0 Å². The summed E-state index contributed by atoms with van der Waals surface area (Å²) in [5, 5.41) is 12.3. The van der Waals surface area contributed by atoms with Crippen LogP contribution in [-0.4, -0.2) is 54.6 Å². The lowest BCUT2D eigenvalue weighted by Crippen LogP contribution is -2.40. The Morgan fingerprint density at radius 2 is 1.96 bits per heavy atom. The van der Waals surface area contributed by atoms with E-state index < -0.39 is 5.97 Å². The Labute approximate surface area is 167 Å². The van der Waals surface area contributed by atoms with Gasteiger partial charge in [-0.3, -0.25) is 4.79 Å². The zero-order valence-electron chi connectivity index (χ0n) is 17.0. The van der Waals surface area contributed by atoms with Gasteiger partial charge < -0.3 is 20.2 Å². The molecule has 2 saturated heterocycles. The first-order valence-corrected chi connectivity index (χ1v) is 10.7. The second-order valence-corrected chi connectivity index (χ2v) is 8.15. The molecule has 0 unspecified atom stereocenters. The molecule has 6 heteroatoms. The number of anilines is 2. The van der Waals surface area contributed by atoms with Crippen molar-refractivity contribution >= 4 is 23.3 Å². The summed E-state index contributed by atoms with van der Waals surface area (Å²) in [5.41, 5.74) is 1.78. The normalized spacial score (nSPS) is 20.3. The van der Waals surface area contributed by atoms with Crippen LogP contribution in [-0.2, 0) is 4.79 Å². The maximum atomic E-state index is 12.3. The molecule has 0 saturated carbocycles. The zero-order chi connectivity index (χ0) is 19.9. The minimum atomic E-state index is -0.971. The number of hydrogen-bond acceptors (Lipinski definition) is 4. The van der Waals surface area contributed by atoms with Gasteiger partial charge in [0.1, 0.15) is 0 Å². The van der Waals surface area contributed by atoms with Gasteiger partial charge in [0.05, 0.1) is 16.9 Å². The summed E-state index contributed by atoms with van der Waals surface area (Å²) in [7, 11) is 0. The van der Waals surface area contributed by atoms with Crippen LogP contribution in [0.25, 0.3) is 0 Å². The lowest BCUT2D eigenvalue weighted by molar-refractivity contribution is -0.116. The van der Waals surface area contributed by atoms with Crippen molar-refractivity contribution in [3.63, 3.8) is 0 Å². The van der Waals surface area contributed by atoms with Crippen LogP contribution in [0.1, 0.15) is 62.2 Å². The molecule has 3 rings (SSSR count). The van der Waals surface area contributed by atoms with Crippen LogP contribution >= 0.6 is 0 Å². The second kappa shape index (κ2) is 9.92. The van der Waals surface area contributed by atoms with Gasteiger partial charge in [0.15, 0.2) is 0 Å². The third kappa shape index (κ3) is 5.47. The highest BCUT2D eigenvalue weighted by Crippen LogP contribution is 2.32. The van der Waals surface area contributed by atoms with Gasteiger partial charge in [0.25, 0.3) is 0 Å². The molecular formula is C22H33N3O3. The number of carbonyl (C=O) groups excluding carboxylic acids is 1. The van der Waals surface area contributed by atoms with Crippen LogP contribution in [0.3, 0.4) is 0 Å². The van der Waals surface area contributed by atoms with E-state index in [-0.39, 0.29) is 11.5 Å². The average molecular weight is 388 g/mol. The summed E-state index contributed by atoms with van der Waals surface area (Å²) < 4.78 is 0. The predicted octanol–water partition coefficient (Wildman–Crippen LogP) is 3.83. The highest BCUT2D eigenvalue weighted by molar-refractivity contribution is 5.97. The third-order valence-corrected chi connectivity index (χ3v) is 5.85. The van der Waals surface area contributed by atoms with Gasteiger partial charge in [0.2, 0.25) is 5.91 Å². The number of rotatable bonds is 8. The van der Waals surface area contributed by atoms with Crippen molar-refractivity contribution in [2.24, 2.45) is 5.92 Å². The number of benzene rings is 1. The minimum absolute atomic E-state index is 0.0451. The summed E-state index contributed by atoms with van der Waals surface area (Å²) in [4.78, 5) is 28.6. The van der Waals surface area contributed by atoms with E-state index in [0.717, 1.165) is 44.6 Å². The van der Waals surface area contributed by atoms with Crippen molar-refractivity contribution in [3.8, 4) is 0 Å². The molecule has 2 fully saturated rings. The molecule has 0 radical (unpaired) electrons. The molecule has 0 spiro atoms. The Balaban J connectivity index is 1.74. The first-order valence-electron chi connectivity index (χ1n) is 10.7. The van der Waals surface area contributed by atoms with E-state index >= 15 is 0 Å². The Hall–Kier alpha value is -2.08. The summed E-state index contributed by atoms with van der Waals surface area (Å²) >= 11 is 0. The summed E-state index contributed by atoms with van der Waals surface area (Å²) in [6.07, 6.45) is 7.23. The SMILES string of the molecule is CCCCC(=O)Nc1cc(C(=O)O)ccc1N1CCC[C@H](CN2CCCC2)C1. The van der Waals surface area contributed by atoms with Gasteiger partial charge in [-0.15, -0.1) is 0 Å². The van der Waals surface area contributed by atoms with E-state index in [0.29, 0.717) is 18.0 Å². The number of unbranched alkanes of at least 4 members (excludes halogenated alkanes) is 1. The smallest absolute Gasteiger partial charge is 0.335 e. The van der Waals surface area contributed by atoms with Crippen molar-refractivity contribution in [1.82, 2.24) is 4.90 Å². The first kappa shape index (κ1) is 20.6. The fourth-order valence-electron chi connectivity index (χ4n) is 4.36. The highest BCUT2D eigenvalue weighted by Gasteiger charge is 2.25. The molecule has 1 aromatic carbocycles. The lowest BCUT2D eigenvalue weighted by atomic mass is 9.96. The average Bonchev–Trinajstić information content (AvgIpc) is 3.19. The lowest BCUT2D eigenvalue weighted by Gasteiger charge is -2.37. The number of hydrogen-bond donors (Lipinski definition) is 2. The van der Waals surface area contributed by atoms with Crippen LogP contribution < -0.4 is 10.2 Å². The van der Waals surface area contributed by atoms with Crippen molar-refractivity contribution in [2.75, 3.05) is 42.9 Å². The fourth-order valence-corrected chi connectivity index (χ4v) is 4.36. The van der Waals surface area contributed by atoms with E-state index in [1.165, 1.54) is 32.4 Å². The van der Waals surface area contributed by atoms with E-state index in [2.05, 4.69) is 22.0 Å².